The second kappa shape index (κ2) is 6.41. The molecule has 3 atom stereocenters. The molecule has 3 aliphatic rings. The van der Waals surface area contributed by atoms with Crippen LogP contribution < -0.4 is 20.4 Å². The van der Waals surface area contributed by atoms with E-state index in [9.17, 15) is 19.1 Å². The molecule has 0 spiro atoms. The van der Waals surface area contributed by atoms with Gasteiger partial charge in [-0.2, -0.15) is 0 Å². The van der Waals surface area contributed by atoms with Gasteiger partial charge in [0.2, 0.25) is 5.43 Å². The first-order valence-corrected chi connectivity index (χ1v) is 9.77. The number of nitrogens with one attached hydrogen (secondary N) is 1. The van der Waals surface area contributed by atoms with E-state index < -0.39 is 29.0 Å². The molecule has 0 bridgehead atoms. The molecule has 0 radical (unpaired) electrons. The van der Waals surface area contributed by atoms with Crippen LogP contribution in [0.5, 0.6) is 5.75 Å². The summed E-state index contributed by atoms with van der Waals surface area (Å²) in [5.41, 5.74) is -0.693. The van der Waals surface area contributed by atoms with Crippen LogP contribution in [0.2, 0.25) is 0 Å². The fourth-order valence-corrected chi connectivity index (χ4v) is 4.32. The molecule has 1 saturated carbocycles. The predicted molar refractivity (Wildman–Crippen MR) is 102 cm³/mol. The molecule has 0 amide bonds. The van der Waals surface area contributed by atoms with Gasteiger partial charge in [0.15, 0.2) is 11.6 Å². The summed E-state index contributed by atoms with van der Waals surface area (Å²) >= 11 is 0. The molecule has 1 aromatic carbocycles. The predicted octanol–water partition coefficient (Wildman–Crippen LogP) is 2.07. The normalized spacial score (nSPS) is 26.0. The van der Waals surface area contributed by atoms with Crippen LogP contribution in [0.1, 0.15) is 36.2 Å². The molecule has 1 aromatic heterocycles. The van der Waals surface area contributed by atoms with E-state index in [-0.39, 0.29) is 42.1 Å². The number of carboxylic acids is 1. The first kappa shape index (κ1) is 18.4. The molecule has 2 fully saturated rings. The van der Waals surface area contributed by atoms with Crippen molar-refractivity contribution in [2.75, 3.05) is 24.6 Å². The van der Waals surface area contributed by atoms with Crippen LogP contribution in [-0.4, -0.2) is 53.6 Å². The number of hydrogen-bond acceptors (Lipinski definition) is 5. The van der Waals surface area contributed by atoms with E-state index >= 15 is 4.39 Å². The van der Waals surface area contributed by atoms with Gasteiger partial charge >= 0.3 is 5.97 Å². The SMILES string of the molecule is C[C@H]1COc2c(N3C[C@H](NC4CC4)[C@@H](F)C3)c(F)cc3c(=O)c(C(=O)O)cn1c23. The fraction of sp³-hybridized carbons (Fsp3) is 0.500. The van der Waals surface area contributed by atoms with Gasteiger partial charge < -0.3 is 24.6 Å². The molecule has 5 rings (SSSR count). The Hall–Kier alpha value is -2.68. The summed E-state index contributed by atoms with van der Waals surface area (Å²) in [6.45, 7) is 2.33. The number of aromatic carboxylic acids is 1. The zero-order valence-corrected chi connectivity index (χ0v) is 15.8. The summed E-state index contributed by atoms with van der Waals surface area (Å²) in [7, 11) is 0. The average molecular weight is 405 g/mol. The van der Waals surface area contributed by atoms with Gasteiger partial charge in [-0.25, -0.2) is 13.6 Å². The van der Waals surface area contributed by atoms with E-state index in [4.69, 9.17) is 4.74 Å². The summed E-state index contributed by atoms with van der Waals surface area (Å²) < 4.78 is 37.2. The van der Waals surface area contributed by atoms with E-state index in [0.29, 0.717) is 18.1 Å². The summed E-state index contributed by atoms with van der Waals surface area (Å²) in [6, 6.07) is 0.757. The number of aromatic nitrogens is 1. The van der Waals surface area contributed by atoms with Crippen LogP contribution in [0.4, 0.5) is 14.5 Å². The number of alkyl halides is 1. The first-order valence-electron chi connectivity index (χ1n) is 9.77. The van der Waals surface area contributed by atoms with E-state index in [1.807, 2.05) is 6.92 Å². The molecule has 2 aliphatic heterocycles. The molecule has 2 aromatic rings. The number of carbonyl (C=O) groups is 1. The Morgan fingerprint density at radius 2 is 2.10 bits per heavy atom. The molecule has 0 unspecified atom stereocenters. The zero-order chi connectivity index (χ0) is 20.4. The quantitative estimate of drug-likeness (QED) is 0.810. The van der Waals surface area contributed by atoms with Gasteiger partial charge in [0.1, 0.15) is 24.0 Å². The number of anilines is 1. The third kappa shape index (κ3) is 2.87. The van der Waals surface area contributed by atoms with Crippen molar-refractivity contribution in [3.05, 3.63) is 33.9 Å². The lowest BCUT2D eigenvalue weighted by Crippen LogP contribution is -2.38. The van der Waals surface area contributed by atoms with Crippen molar-refractivity contribution in [3.63, 3.8) is 0 Å². The van der Waals surface area contributed by atoms with Gasteiger partial charge in [0.25, 0.3) is 0 Å². The van der Waals surface area contributed by atoms with E-state index in [0.717, 1.165) is 18.9 Å². The van der Waals surface area contributed by atoms with Crippen molar-refractivity contribution in [1.29, 1.82) is 0 Å². The second-order valence-corrected chi connectivity index (χ2v) is 8.15. The Kier molecular flexibility index (Phi) is 4.06. The molecule has 29 heavy (non-hydrogen) atoms. The van der Waals surface area contributed by atoms with Crippen molar-refractivity contribution in [3.8, 4) is 5.75 Å². The molecule has 3 heterocycles. The highest BCUT2D eigenvalue weighted by Crippen LogP contribution is 2.43. The minimum Gasteiger partial charge on any atom is -0.487 e. The molecule has 154 valence electrons. The Morgan fingerprint density at radius 1 is 1.34 bits per heavy atom. The highest BCUT2D eigenvalue weighted by Gasteiger charge is 2.39. The van der Waals surface area contributed by atoms with E-state index in [1.165, 1.54) is 6.20 Å². The summed E-state index contributed by atoms with van der Waals surface area (Å²) in [6.07, 6.45) is 2.19. The van der Waals surface area contributed by atoms with E-state index in [2.05, 4.69) is 5.32 Å². The summed E-state index contributed by atoms with van der Waals surface area (Å²) in [4.78, 5) is 25.7. The largest absolute Gasteiger partial charge is 0.487 e. The highest BCUT2D eigenvalue weighted by molar-refractivity contribution is 5.97. The highest BCUT2D eigenvalue weighted by atomic mass is 19.1. The van der Waals surface area contributed by atoms with Gasteiger partial charge in [-0.3, -0.25) is 4.79 Å². The van der Waals surface area contributed by atoms with Gasteiger partial charge in [-0.05, 0) is 25.8 Å². The van der Waals surface area contributed by atoms with Crippen LogP contribution in [0, 0.1) is 5.82 Å². The number of carboxylic acid groups (broad SMARTS) is 1. The van der Waals surface area contributed by atoms with E-state index in [1.54, 1.807) is 9.47 Å². The topological polar surface area (TPSA) is 83.8 Å². The van der Waals surface area contributed by atoms with Crippen LogP contribution in [0.25, 0.3) is 10.9 Å². The number of nitrogens with zero attached hydrogens (tertiary/aromatic N) is 2. The van der Waals surface area contributed by atoms with Gasteiger partial charge in [0, 0.05) is 18.8 Å². The number of halogens is 2. The second-order valence-electron chi connectivity index (χ2n) is 8.15. The summed E-state index contributed by atoms with van der Waals surface area (Å²) in [5.74, 6) is -1.90. The number of rotatable bonds is 4. The molecular formula is C20H21F2N3O4. The minimum absolute atomic E-state index is 0.0240. The molecular weight excluding hydrogens is 384 g/mol. The zero-order valence-electron chi connectivity index (χ0n) is 15.8. The Labute approximate surface area is 164 Å². The van der Waals surface area contributed by atoms with Gasteiger partial charge in [-0.1, -0.05) is 0 Å². The van der Waals surface area contributed by atoms with Gasteiger partial charge in [0.05, 0.1) is 29.5 Å². The molecule has 9 heteroatoms. The number of ether oxygens (including phenoxy) is 1. The minimum atomic E-state index is -1.36. The third-order valence-corrected chi connectivity index (χ3v) is 5.96. The lowest BCUT2D eigenvalue weighted by atomic mass is 10.1. The number of pyridine rings is 1. The van der Waals surface area contributed by atoms with Gasteiger partial charge in [-0.15, -0.1) is 0 Å². The van der Waals surface area contributed by atoms with Crippen LogP contribution in [0.15, 0.2) is 17.1 Å². The Morgan fingerprint density at radius 3 is 2.79 bits per heavy atom. The summed E-state index contributed by atoms with van der Waals surface area (Å²) in [5, 5.41) is 12.6. The molecule has 1 aliphatic carbocycles. The van der Waals surface area contributed by atoms with Crippen LogP contribution in [0.3, 0.4) is 0 Å². The van der Waals surface area contributed by atoms with Crippen molar-refractivity contribution in [2.24, 2.45) is 0 Å². The smallest absolute Gasteiger partial charge is 0.341 e. The monoisotopic (exact) mass is 405 g/mol. The number of hydrogen-bond donors (Lipinski definition) is 2. The molecule has 1 saturated heterocycles. The maximum absolute atomic E-state index is 15.2. The van der Waals surface area contributed by atoms with Crippen molar-refractivity contribution >= 4 is 22.6 Å². The van der Waals surface area contributed by atoms with Crippen LogP contribution >= 0.6 is 0 Å². The maximum atomic E-state index is 15.2. The number of benzene rings is 1. The average Bonchev–Trinajstić information content (AvgIpc) is 3.41. The third-order valence-electron chi connectivity index (χ3n) is 5.96. The molecule has 2 N–H and O–H groups in total. The van der Waals surface area contributed by atoms with Crippen molar-refractivity contribution in [1.82, 2.24) is 9.88 Å². The Bertz CT molecular complexity index is 1080. The fourth-order valence-electron chi connectivity index (χ4n) is 4.32. The van der Waals surface area contributed by atoms with Crippen molar-refractivity contribution < 1.29 is 23.4 Å². The lowest BCUT2D eigenvalue weighted by Gasteiger charge is -2.31. The first-order chi connectivity index (χ1) is 13.8. The van der Waals surface area contributed by atoms with Crippen molar-refractivity contribution in [2.45, 2.75) is 44.1 Å². The molecule has 7 nitrogen and oxygen atoms in total. The van der Waals surface area contributed by atoms with Crippen LogP contribution in [-0.2, 0) is 0 Å². The Balaban J connectivity index is 1.66. The maximum Gasteiger partial charge on any atom is 0.341 e. The lowest BCUT2D eigenvalue weighted by molar-refractivity contribution is 0.0694. The standard InChI is InChI=1S/C20H21F2N3O4/c1-9-8-29-19-16-11(18(26)12(20(27)28)5-25(9)16)4-13(21)17(19)24-6-14(22)15(7-24)23-10-2-3-10/h4-5,9-10,14-15,23H,2-3,6-8H2,1H3,(H,27,28)/t9-,14-,15-/m0/s1.